The van der Waals surface area contributed by atoms with E-state index < -0.39 is 54.7 Å². The van der Waals surface area contributed by atoms with E-state index in [2.05, 4.69) is 16.0 Å². The fourth-order valence-corrected chi connectivity index (χ4v) is 12.5. The van der Waals surface area contributed by atoms with Crippen LogP contribution in [0.3, 0.4) is 0 Å². The molecule has 17 heteroatoms. The van der Waals surface area contributed by atoms with Crippen molar-refractivity contribution in [3.8, 4) is 28.6 Å². The van der Waals surface area contributed by atoms with Gasteiger partial charge in [-0.1, -0.05) is 43.2 Å². The Morgan fingerprint density at radius 3 is 2.56 bits per heavy atom. The second-order valence-electron chi connectivity index (χ2n) is 17.7. The van der Waals surface area contributed by atoms with Gasteiger partial charge in [-0.15, -0.1) is 11.3 Å². The maximum absolute atomic E-state index is 14.9. The molecule has 2 aliphatic heterocycles. The van der Waals surface area contributed by atoms with E-state index in [1.54, 1.807) is 31.4 Å². The predicted molar refractivity (Wildman–Crippen MR) is 246 cm³/mol. The molecule has 1 saturated heterocycles. The van der Waals surface area contributed by atoms with Gasteiger partial charge in [0.25, 0.3) is 0 Å². The lowest BCUT2D eigenvalue weighted by Gasteiger charge is -2.31. The fourth-order valence-electron chi connectivity index (χ4n) is 9.27. The number of amides is 3. The van der Waals surface area contributed by atoms with Gasteiger partial charge in [0.15, 0.2) is 5.13 Å². The average Bonchev–Trinajstić information content (AvgIpc) is 3.69. The lowest BCUT2D eigenvalue weighted by molar-refractivity contribution is -0.140. The summed E-state index contributed by atoms with van der Waals surface area (Å²) in [5.41, 5.74) is 2.38. The molecular formula is C47H59N6O9PS. The molecule has 4 aromatic rings. The molecule has 4 aliphatic rings. The zero-order chi connectivity index (χ0) is 45.0. The molecule has 342 valence electrons. The SMILES string of the molecule is COc1ccc2c(O[C@@H]3C[C@H]4C(=O)N[C@]5(P(=O)(O)Cc6ccccc6OC)C[C@@H]5/C=C\CCCCC[C@H](NC(=O)OC5CCCC5)C(=O)N4C3)cc(-c3csc(NC(C)C)n3)nc2c1. The highest BCUT2D eigenvalue weighted by Crippen LogP contribution is 2.71. The van der Waals surface area contributed by atoms with Gasteiger partial charge < -0.3 is 44.7 Å². The van der Waals surface area contributed by atoms with Crippen LogP contribution in [0.4, 0.5) is 9.93 Å². The second kappa shape index (κ2) is 19.5. The minimum absolute atomic E-state index is 0.00949. The summed E-state index contributed by atoms with van der Waals surface area (Å²) in [5.74, 6) is 0.161. The van der Waals surface area contributed by atoms with Crippen LogP contribution in [0.15, 0.2) is 66.1 Å². The smallest absolute Gasteiger partial charge is 0.408 e. The van der Waals surface area contributed by atoms with Crippen molar-refractivity contribution >= 4 is 52.6 Å². The summed E-state index contributed by atoms with van der Waals surface area (Å²) in [6, 6.07) is 12.5. The number of hydrogen-bond donors (Lipinski definition) is 4. The number of pyridine rings is 1. The van der Waals surface area contributed by atoms with Crippen LogP contribution in [0, 0.1) is 5.92 Å². The maximum Gasteiger partial charge on any atom is 0.408 e. The molecule has 15 nitrogen and oxygen atoms in total. The average molecular weight is 915 g/mol. The quantitative estimate of drug-likeness (QED) is 0.0786. The molecule has 2 aromatic heterocycles. The maximum atomic E-state index is 14.9. The number of anilines is 1. The Hall–Kier alpha value is -5.18. The van der Waals surface area contributed by atoms with Gasteiger partial charge in [0.2, 0.25) is 19.2 Å². The van der Waals surface area contributed by atoms with Crippen molar-refractivity contribution in [2.45, 2.75) is 126 Å². The molecule has 6 atom stereocenters. The van der Waals surface area contributed by atoms with Crippen molar-refractivity contribution < 1.29 is 42.8 Å². The number of allylic oxidation sites excluding steroid dienone is 1. The summed E-state index contributed by atoms with van der Waals surface area (Å²) in [6.45, 7) is 4.09. The number of alkyl carbamates (subject to hydrolysis) is 1. The number of thiazole rings is 1. The van der Waals surface area contributed by atoms with E-state index in [1.807, 2.05) is 55.6 Å². The van der Waals surface area contributed by atoms with Crippen molar-refractivity contribution in [3.05, 3.63) is 71.6 Å². The number of nitrogens with one attached hydrogen (secondary N) is 3. The third kappa shape index (κ3) is 10.0. The number of aromatic nitrogens is 2. The minimum Gasteiger partial charge on any atom is -0.497 e. The Morgan fingerprint density at radius 1 is 0.984 bits per heavy atom. The first kappa shape index (κ1) is 45.4. The molecule has 4 N–H and O–H groups in total. The first-order chi connectivity index (χ1) is 30.9. The minimum atomic E-state index is -4.18. The van der Waals surface area contributed by atoms with E-state index in [0.29, 0.717) is 57.9 Å². The van der Waals surface area contributed by atoms with Crippen LogP contribution in [0.2, 0.25) is 0 Å². The van der Waals surface area contributed by atoms with Crippen LogP contribution in [0.1, 0.15) is 90.0 Å². The Labute approximate surface area is 378 Å². The molecule has 3 amide bonds. The highest BCUT2D eigenvalue weighted by atomic mass is 32.1. The van der Waals surface area contributed by atoms with E-state index in [-0.39, 0.29) is 37.7 Å². The van der Waals surface area contributed by atoms with E-state index >= 15 is 0 Å². The summed E-state index contributed by atoms with van der Waals surface area (Å²) in [4.78, 5) is 66.4. The molecule has 64 heavy (non-hydrogen) atoms. The van der Waals surface area contributed by atoms with Crippen LogP contribution >= 0.6 is 18.7 Å². The molecule has 0 spiro atoms. The molecule has 2 saturated carbocycles. The van der Waals surface area contributed by atoms with Crippen molar-refractivity contribution in [3.63, 3.8) is 0 Å². The lowest BCUT2D eigenvalue weighted by atomic mass is 10.0. The first-order valence-corrected chi connectivity index (χ1v) is 25.2. The molecule has 2 aromatic carbocycles. The third-order valence-corrected chi connectivity index (χ3v) is 16.1. The molecule has 1 unspecified atom stereocenters. The number of ether oxygens (including phenoxy) is 4. The molecule has 3 fully saturated rings. The van der Waals surface area contributed by atoms with Crippen molar-refractivity contribution in [2.24, 2.45) is 5.92 Å². The summed E-state index contributed by atoms with van der Waals surface area (Å²) in [6.07, 6.45) is 9.36. The van der Waals surface area contributed by atoms with Crippen LogP contribution < -0.4 is 30.2 Å². The molecule has 0 radical (unpaired) electrons. The van der Waals surface area contributed by atoms with Gasteiger partial charge in [-0.25, -0.2) is 14.8 Å². The predicted octanol–water partition coefficient (Wildman–Crippen LogP) is 8.40. The van der Waals surface area contributed by atoms with Crippen LogP contribution in [-0.4, -0.2) is 94.0 Å². The highest BCUT2D eigenvalue weighted by Gasteiger charge is 2.66. The molecule has 8 rings (SSSR count). The number of methoxy groups -OCH3 is 2. The fraction of sp³-hybridized carbons (Fsp3) is 0.511. The molecule has 2 aliphatic carbocycles. The topological polar surface area (TPSA) is 191 Å². The third-order valence-electron chi connectivity index (χ3n) is 12.7. The Morgan fingerprint density at radius 2 is 1.78 bits per heavy atom. The number of fused-ring (bicyclic) bond motifs is 3. The van der Waals surface area contributed by atoms with Crippen LogP contribution in [0.25, 0.3) is 22.3 Å². The van der Waals surface area contributed by atoms with Crippen molar-refractivity contribution in [1.29, 1.82) is 0 Å². The van der Waals surface area contributed by atoms with Gasteiger partial charge in [-0.3, -0.25) is 14.2 Å². The van der Waals surface area contributed by atoms with Crippen LogP contribution in [-0.2, 0) is 25.1 Å². The number of carbonyl (C=O) groups is 3. The summed E-state index contributed by atoms with van der Waals surface area (Å²) in [5, 5.41) is 11.2. The Bertz CT molecular complexity index is 2420. The number of nitrogens with zero attached hydrogens (tertiary/aromatic N) is 3. The highest BCUT2D eigenvalue weighted by molar-refractivity contribution is 7.59. The normalized spacial score (nSPS) is 25.6. The molecule has 4 heterocycles. The second-order valence-corrected chi connectivity index (χ2v) is 21.1. The lowest BCUT2D eigenvalue weighted by Crippen LogP contribution is -2.55. The van der Waals surface area contributed by atoms with Crippen LogP contribution in [0.5, 0.6) is 17.2 Å². The van der Waals surface area contributed by atoms with Gasteiger partial charge >= 0.3 is 6.09 Å². The zero-order valence-electron chi connectivity index (χ0n) is 36.9. The van der Waals surface area contributed by atoms with Gasteiger partial charge in [0.05, 0.1) is 38.1 Å². The van der Waals surface area contributed by atoms with Gasteiger partial charge in [0.1, 0.15) is 52.5 Å². The summed E-state index contributed by atoms with van der Waals surface area (Å²) in [7, 11) is -1.08. The van der Waals surface area contributed by atoms with E-state index in [9.17, 15) is 23.8 Å². The number of rotatable bonds is 12. The summed E-state index contributed by atoms with van der Waals surface area (Å²) >= 11 is 1.47. The standard InChI is InChI=1S/C47H59N6O9PS/c1-29(2)48-45-50-39(28-64-45)38-24-42(35-21-20-33(59-3)22-37(35)49-38)61-34-23-40-43(54)52-47(63(57,58)27-30-14-10-13-19-41(30)60-4)25-31(47)15-8-6-5-7-9-18-36(44(55)53(40)26-34)51-46(56)62-32-16-11-12-17-32/h8,10,13-15,19-22,24,28-29,31-32,34,36,40H,5-7,9,11-12,16-18,23,25-27H2,1-4H3,(H,48,50)(H,51,56)(H,52,54)(H,57,58)/b15-8-/t31-,34+,36-,40-,47-/m0/s1. The van der Waals surface area contributed by atoms with E-state index in [4.69, 9.17) is 28.9 Å². The molecule has 0 bridgehead atoms. The summed E-state index contributed by atoms with van der Waals surface area (Å²) < 4.78 is 38.4. The Balaban J connectivity index is 1.13. The van der Waals surface area contributed by atoms with Gasteiger partial charge in [-0.2, -0.15) is 0 Å². The number of carbonyl (C=O) groups excluding carboxylic acids is 3. The number of para-hydroxylation sites is 1. The molecular weight excluding hydrogens is 856 g/mol. The first-order valence-electron chi connectivity index (χ1n) is 22.4. The van der Waals surface area contributed by atoms with Crippen molar-refractivity contribution in [2.75, 3.05) is 26.1 Å². The zero-order valence-corrected chi connectivity index (χ0v) is 38.6. The largest absolute Gasteiger partial charge is 0.497 e. The van der Waals surface area contributed by atoms with Gasteiger partial charge in [-0.05, 0) is 83.4 Å². The monoisotopic (exact) mass is 914 g/mol. The van der Waals surface area contributed by atoms with E-state index in [0.717, 1.165) is 50.1 Å². The van der Waals surface area contributed by atoms with Crippen molar-refractivity contribution in [1.82, 2.24) is 25.5 Å². The van der Waals surface area contributed by atoms with E-state index in [1.165, 1.54) is 23.3 Å². The number of hydrogen-bond acceptors (Lipinski definition) is 12. The Kier molecular flexibility index (Phi) is 13.8. The number of benzene rings is 2. The van der Waals surface area contributed by atoms with Gasteiger partial charge in [0, 0.05) is 46.8 Å².